The van der Waals surface area contributed by atoms with Crippen molar-refractivity contribution in [3.8, 4) is 0 Å². The van der Waals surface area contributed by atoms with Gasteiger partial charge < -0.3 is 10.6 Å². The number of benzene rings is 1. The molecule has 122 valence electrons. The van der Waals surface area contributed by atoms with Gasteiger partial charge in [-0.3, -0.25) is 9.69 Å². The number of hydrogen-bond donors (Lipinski definition) is 2. The Morgan fingerprint density at radius 2 is 2.14 bits per heavy atom. The molecule has 1 fully saturated rings. The van der Waals surface area contributed by atoms with E-state index in [1.807, 2.05) is 19.2 Å². The number of nitrogens with one attached hydrogen (secondary N) is 2. The van der Waals surface area contributed by atoms with E-state index in [9.17, 15) is 4.79 Å². The molecule has 0 unspecified atom stereocenters. The highest BCUT2D eigenvalue weighted by Crippen LogP contribution is 2.26. The van der Waals surface area contributed by atoms with E-state index in [2.05, 4.69) is 31.5 Å². The van der Waals surface area contributed by atoms with Crippen LogP contribution in [0.5, 0.6) is 0 Å². The molecule has 2 N–H and O–H groups in total. The highest BCUT2D eigenvalue weighted by Gasteiger charge is 2.20. The van der Waals surface area contributed by atoms with Gasteiger partial charge in [0.25, 0.3) is 0 Å². The summed E-state index contributed by atoms with van der Waals surface area (Å²) in [6, 6.07) is 5.47. The Balaban J connectivity index is 1.76. The molecule has 1 aromatic carbocycles. The fraction of sp³-hybridized carbons (Fsp3) is 0.562. The Bertz CT molecular complexity index is 504. The third-order valence-electron chi connectivity index (χ3n) is 4.08. The quantitative estimate of drug-likeness (QED) is 0.785. The van der Waals surface area contributed by atoms with Crippen molar-refractivity contribution < 1.29 is 4.79 Å². The Morgan fingerprint density at radius 3 is 2.77 bits per heavy atom. The summed E-state index contributed by atoms with van der Waals surface area (Å²) in [5.74, 6) is 0.783. The minimum atomic E-state index is -0.00195. The first-order chi connectivity index (χ1) is 10.6. The standard InChI is InChI=1S/C16H23BrClN3O/c1-19-7-4-12-5-8-21(9-6-12)11-16(22)20-15-3-2-13(17)10-14(15)18/h2-3,10,12,19H,4-9,11H2,1H3,(H,20,22). The lowest BCUT2D eigenvalue weighted by molar-refractivity contribution is -0.117. The summed E-state index contributed by atoms with van der Waals surface area (Å²) in [6.45, 7) is 3.50. The van der Waals surface area contributed by atoms with Crippen LogP contribution in [0, 0.1) is 5.92 Å². The van der Waals surface area contributed by atoms with E-state index in [4.69, 9.17) is 11.6 Å². The zero-order valence-electron chi connectivity index (χ0n) is 12.9. The monoisotopic (exact) mass is 387 g/mol. The average molecular weight is 389 g/mol. The number of anilines is 1. The molecule has 1 aliphatic rings. The van der Waals surface area contributed by atoms with Gasteiger partial charge in [-0.25, -0.2) is 0 Å². The van der Waals surface area contributed by atoms with Crippen molar-refractivity contribution in [1.82, 2.24) is 10.2 Å². The van der Waals surface area contributed by atoms with Crippen LogP contribution in [0.3, 0.4) is 0 Å². The third kappa shape index (κ3) is 5.54. The predicted molar refractivity (Wildman–Crippen MR) is 95.5 cm³/mol. The van der Waals surface area contributed by atoms with Crippen LogP contribution in [-0.4, -0.2) is 44.0 Å². The van der Waals surface area contributed by atoms with Crippen LogP contribution < -0.4 is 10.6 Å². The fourth-order valence-electron chi connectivity index (χ4n) is 2.77. The molecule has 1 aliphatic heterocycles. The SMILES string of the molecule is CNCCC1CCN(CC(=O)Nc2ccc(Br)cc2Cl)CC1. The van der Waals surface area contributed by atoms with E-state index < -0.39 is 0 Å². The fourth-order valence-corrected chi connectivity index (χ4v) is 3.49. The maximum Gasteiger partial charge on any atom is 0.238 e. The van der Waals surface area contributed by atoms with E-state index in [1.165, 1.54) is 19.3 Å². The summed E-state index contributed by atoms with van der Waals surface area (Å²) >= 11 is 9.48. The Kier molecular flexibility index (Phi) is 7.15. The lowest BCUT2D eigenvalue weighted by atomic mass is 9.93. The highest BCUT2D eigenvalue weighted by atomic mass is 79.9. The van der Waals surface area contributed by atoms with Gasteiger partial charge in [0.15, 0.2) is 0 Å². The molecule has 0 aliphatic carbocycles. The zero-order chi connectivity index (χ0) is 15.9. The van der Waals surface area contributed by atoms with Crippen LogP contribution in [0.4, 0.5) is 5.69 Å². The molecule has 0 atom stereocenters. The van der Waals surface area contributed by atoms with Gasteiger partial charge in [-0.05, 0) is 70.1 Å². The molecule has 1 aromatic rings. The molecule has 1 heterocycles. The first-order valence-electron chi connectivity index (χ1n) is 7.70. The van der Waals surface area contributed by atoms with Gasteiger partial charge in [0, 0.05) is 4.47 Å². The second-order valence-corrected chi connectivity index (χ2v) is 7.11. The number of likely N-dealkylation sites (tertiary alicyclic amines) is 1. The summed E-state index contributed by atoms with van der Waals surface area (Å²) in [5, 5.41) is 6.64. The van der Waals surface area contributed by atoms with E-state index in [-0.39, 0.29) is 5.91 Å². The molecule has 0 aromatic heterocycles. The molecule has 0 bridgehead atoms. The van der Waals surface area contributed by atoms with Crippen LogP contribution in [-0.2, 0) is 4.79 Å². The summed E-state index contributed by atoms with van der Waals surface area (Å²) in [6.07, 6.45) is 3.58. The maximum atomic E-state index is 12.1. The first kappa shape index (κ1) is 17.7. The number of hydrogen-bond acceptors (Lipinski definition) is 3. The van der Waals surface area contributed by atoms with Gasteiger partial charge in [0.2, 0.25) is 5.91 Å². The molecule has 1 amide bonds. The molecule has 4 nitrogen and oxygen atoms in total. The largest absolute Gasteiger partial charge is 0.324 e. The zero-order valence-corrected chi connectivity index (χ0v) is 15.2. The summed E-state index contributed by atoms with van der Waals surface area (Å²) in [5.41, 5.74) is 0.666. The molecule has 0 radical (unpaired) electrons. The van der Waals surface area contributed by atoms with Crippen LogP contribution >= 0.6 is 27.5 Å². The maximum absolute atomic E-state index is 12.1. The minimum Gasteiger partial charge on any atom is -0.324 e. The number of halogens is 2. The Hall–Kier alpha value is -0.620. The lowest BCUT2D eigenvalue weighted by Gasteiger charge is -2.31. The molecule has 6 heteroatoms. The number of carbonyl (C=O) groups is 1. The molecule has 22 heavy (non-hydrogen) atoms. The second kappa shape index (κ2) is 8.87. The van der Waals surface area contributed by atoms with Crippen molar-refractivity contribution in [1.29, 1.82) is 0 Å². The van der Waals surface area contributed by atoms with Crippen molar-refractivity contribution in [3.63, 3.8) is 0 Å². The number of carbonyl (C=O) groups excluding carboxylic acids is 1. The second-order valence-electron chi connectivity index (χ2n) is 5.78. The molecule has 1 saturated heterocycles. The van der Waals surface area contributed by atoms with Crippen molar-refractivity contribution in [2.45, 2.75) is 19.3 Å². The average Bonchev–Trinajstić information content (AvgIpc) is 2.49. The molecular weight excluding hydrogens is 366 g/mol. The topological polar surface area (TPSA) is 44.4 Å². The van der Waals surface area contributed by atoms with Crippen LogP contribution in [0.1, 0.15) is 19.3 Å². The number of rotatable bonds is 6. The van der Waals surface area contributed by atoms with E-state index in [0.29, 0.717) is 17.3 Å². The summed E-state index contributed by atoms with van der Waals surface area (Å²) in [7, 11) is 1.99. The van der Waals surface area contributed by atoms with Crippen LogP contribution in [0.25, 0.3) is 0 Å². The molecule has 0 saturated carbocycles. The number of nitrogens with zero attached hydrogens (tertiary/aromatic N) is 1. The van der Waals surface area contributed by atoms with E-state index in [1.54, 1.807) is 6.07 Å². The smallest absolute Gasteiger partial charge is 0.238 e. The van der Waals surface area contributed by atoms with Crippen molar-refractivity contribution in [2.75, 3.05) is 38.5 Å². The van der Waals surface area contributed by atoms with Gasteiger partial charge >= 0.3 is 0 Å². The van der Waals surface area contributed by atoms with Crippen molar-refractivity contribution in [3.05, 3.63) is 27.7 Å². The normalized spacial score (nSPS) is 16.7. The van der Waals surface area contributed by atoms with Gasteiger partial charge in [0.1, 0.15) is 0 Å². The van der Waals surface area contributed by atoms with E-state index in [0.717, 1.165) is 30.0 Å². The first-order valence-corrected chi connectivity index (χ1v) is 8.87. The van der Waals surface area contributed by atoms with Gasteiger partial charge in [-0.1, -0.05) is 27.5 Å². The van der Waals surface area contributed by atoms with Crippen molar-refractivity contribution in [2.24, 2.45) is 5.92 Å². The predicted octanol–water partition coefficient (Wildman–Crippen LogP) is 3.36. The highest BCUT2D eigenvalue weighted by molar-refractivity contribution is 9.10. The summed E-state index contributed by atoms with van der Waals surface area (Å²) in [4.78, 5) is 14.4. The Morgan fingerprint density at radius 1 is 1.41 bits per heavy atom. The lowest BCUT2D eigenvalue weighted by Crippen LogP contribution is -2.39. The van der Waals surface area contributed by atoms with Crippen LogP contribution in [0.2, 0.25) is 5.02 Å². The molecular formula is C16H23BrClN3O. The van der Waals surface area contributed by atoms with E-state index >= 15 is 0 Å². The molecule has 2 rings (SSSR count). The number of piperidine rings is 1. The third-order valence-corrected chi connectivity index (χ3v) is 4.89. The Labute approximate surface area is 145 Å². The number of amides is 1. The van der Waals surface area contributed by atoms with Crippen molar-refractivity contribution >= 4 is 39.1 Å². The molecule has 0 spiro atoms. The minimum absolute atomic E-state index is 0.00195. The van der Waals surface area contributed by atoms with Gasteiger partial charge in [-0.2, -0.15) is 0 Å². The summed E-state index contributed by atoms with van der Waals surface area (Å²) < 4.78 is 0.902. The van der Waals surface area contributed by atoms with Gasteiger partial charge in [-0.15, -0.1) is 0 Å². The van der Waals surface area contributed by atoms with Crippen LogP contribution in [0.15, 0.2) is 22.7 Å². The van der Waals surface area contributed by atoms with Gasteiger partial charge in [0.05, 0.1) is 17.3 Å².